The van der Waals surface area contributed by atoms with Gasteiger partial charge in [-0.25, -0.2) is 4.98 Å². The Kier molecular flexibility index (Phi) is 3.62. The second-order valence-corrected chi connectivity index (χ2v) is 5.74. The Hall–Kier alpha value is -2.34. The number of benzene rings is 1. The molecule has 0 unspecified atom stereocenters. The minimum Gasteiger partial charge on any atom is -0.324 e. The third kappa shape index (κ3) is 3.05. The molecule has 0 saturated heterocycles. The van der Waals surface area contributed by atoms with Gasteiger partial charge in [-0.3, -0.25) is 9.59 Å². The number of hydrogen-bond donors (Lipinski definition) is 2. The number of anilines is 2. The van der Waals surface area contributed by atoms with Crippen LogP contribution in [0.5, 0.6) is 0 Å². The maximum Gasteiger partial charge on any atom is 0.256 e. The molecule has 0 bridgehead atoms. The van der Waals surface area contributed by atoms with E-state index >= 15 is 0 Å². The predicted octanol–water partition coefficient (Wildman–Crippen LogP) is 2.69. The monoisotopic (exact) mass is 299 g/mol. The van der Waals surface area contributed by atoms with Crippen LogP contribution in [-0.2, 0) is 4.79 Å². The Bertz CT molecular complexity index is 731. The van der Waals surface area contributed by atoms with Crippen molar-refractivity contribution < 1.29 is 9.59 Å². The van der Waals surface area contributed by atoms with E-state index in [-0.39, 0.29) is 11.8 Å². The fraction of sp³-hybridized carbons (Fsp3) is 0.133. The SMILES string of the molecule is Cc1ccnc(NC(=O)c2ccc3c(c2)NC(=O)CS3)c1. The average molecular weight is 299 g/mol. The molecule has 1 aliphatic rings. The second kappa shape index (κ2) is 5.57. The zero-order valence-corrected chi connectivity index (χ0v) is 12.2. The van der Waals surface area contributed by atoms with Crippen molar-refractivity contribution in [3.63, 3.8) is 0 Å². The van der Waals surface area contributed by atoms with Gasteiger partial charge in [-0.15, -0.1) is 11.8 Å². The molecule has 21 heavy (non-hydrogen) atoms. The van der Waals surface area contributed by atoms with Gasteiger partial charge in [0.25, 0.3) is 5.91 Å². The van der Waals surface area contributed by atoms with E-state index in [0.717, 1.165) is 10.5 Å². The number of nitrogens with zero attached hydrogens (tertiary/aromatic N) is 1. The highest BCUT2D eigenvalue weighted by atomic mass is 32.2. The molecule has 0 fully saturated rings. The Morgan fingerprint density at radius 1 is 1.33 bits per heavy atom. The van der Waals surface area contributed by atoms with Crippen molar-refractivity contribution in [1.29, 1.82) is 0 Å². The van der Waals surface area contributed by atoms with Gasteiger partial charge in [0.15, 0.2) is 0 Å². The lowest BCUT2D eigenvalue weighted by atomic mass is 10.2. The number of carbonyl (C=O) groups excluding carboxylic acids is 2. The highest BCUT2D eigenvalue weighted by Crippen LogP contribution is 2.32. The van der Waals surface area contributed by atoms with E-state index in [1.165, 1.54) is 11.8 Å². The molecule has 1 aliphatic heterocycles. The number of aryl methyl sites for hydroxylation is 1. The molecule has 2 heterocycles. The van der Waals surface area contributed by atoms with E-state index in [1.807, 2.05) is 19.1 Å². The molecule has 0 spiro atoms. The summed E-state index contributed by atoms with van der Waals surface area (Å²) >= 11 is 1.47. The number of nitrogens with one attached hydrogen (secondary N) is 2. The lowest BCUT2D eigenvalue weighted by Crippen LogP contribution is -2.20. The molecule has 2 aromatic rings. The Morgan fingerprint density at radius 3 is 3.00 bits per heavy atom. The van der Waals surface area contributed by atoms with Crippen LogP contribution in [0.4, 0.5) is 11.5 Å². The first-order valence-corrected chi connectivity index (χ1v) is 7.41. The summed E-state index contributed by atoms with van der Waals surface area (Å²) < 4.78 is 0. The van der Waals surface area contributed by atoms with E-state index in [0.29, 0.717) is 22.8 Å². The highest BCUT2D eigenvalue weighted by molar-refractivity contribution is 8.00. The summed E-state index contributed by atoms with van der Waals surface area (Å²) in [5.74, 6) is 0.619. The summed E-state index contributed by atoms with van der Waals surface area (Å²) in [6.07, 6.45) is 1.65. The molecule has 0 saturated carbocycles. The van der Waals surface area contributed by atoms with Gasteiger partial charge < -0.3 is 10.6 Å². The van der Waals surface area contributed by atoms with Gasteiger partial charge in [0, 0.05) is 16.7 Å². The van der Waals surface area contributed by atoms with Crippen LogP contribution in [0.3, 0.4) is 0 Å². The zero-order chi connectivity index (χ0) is 14.8. The number of rotatable bonds is 2. The van der Waals surface area contributed by atoms with Gasteiger partial charge in [0.2, 0.25) is 5.91 Å². The molecule has 0 aliphatic carbocycles. The van der Waals surface area contributed by atoms with Crippen molar-refractivity contribution in [3.8, 4) is 0 Å². The van der Waals surface area contributed by atoms with Crippen LogP contribution >= 0.6 is 11.8 Å². The minimum absolute atomic E-state index is 0.0505. The predicted molar refractivity (Wildman–Crippen MR) is 82.7 cm³/mol. The van der Waals surface area contributed by atoms with E-state index in [9.17, 15) is 9.59 Å². The number of aromatic nitrogens is 1. The quantitative estimate of drug-likeness (QED) is 0.894. The molecular weight excluding hydrogens is 286 g/mol. The van der Waals surface area contributed by atoms with E-state index < -0.39 is 0 Å². The van der Waals surface area contributed by atoms with E-state index in [2.05, 4.69) is 15.6 Å². The van der Waals surface area contributed by atoms with Crippen LogP contribution < -0.4 is 10.6 Å². The minimum atomic E-state index is -0.249. The van der Waals surface area contributed by atoms with Crippen LogP contribution in [0, 0.1) is 6.92 Å². The van der Waals surface area contributed by atoms with Gasteiger partial charge in [-0.1, -0.05) is 0 Å². The Balaban J connectivity index is 1.82. The van der Waals surface area contributed by atoms with E-state index in [4.69, 9.17) is 0 Å². The van der Waals surface area contributed by atoms with Gasteiger partial charge >= 0.3 is 0 Å². The summed E-state index contributed by atoms with van der Waals surface area (Å²) in [7, 11) is 0. The molecule has 6 heteroatoms. The Morgan fingerprint density at radius 2 is 2.19 bits per heavy atom. The molecule has 2 amide bonds. The smallest absolute Gasteiger partial charge is 0.256 e. The molecule has 1 aromatic carbocycles. The fourth-order valence-corrected chi connectivity index (χ4v) is 2.81. The first-order valence-electron chi connectivity index (χ1n) is 6.42. The first-order chi connectivity index (χ1) is 10.1. The topological polar surface area (TPSA) is 71.1 Å². The number of pyridine rings is 1. The number of hydrogen-bond acceptors (Lipinski definition) is 4. The summed E-state index contributed by atoms with van der Waals surface area (Å²) in [4.78, 5) is 28.7. The fourth-order valence-electron chi connectivity index (χ4n) is 2.02. The maximum absolute atomic E-state index is 12.2. The van der Waals surface area contributed by atoms with Crippen LogP contribution in [0.15, 0.2) is 41.4 Å². The number of thioether (sulfide) groups is 1. The molecule has 0 radical (unpaired) electrons. The lowest BCUT2D eigenvalue weighted by Gasteiger charge is -2.16. The third-order valence-electron chi connectivity index (χ3n) is 3.03. The normalized spacial score (nSPS) is 13.3. The summed E-state index contributed by atoms with van der Waals surface area (Å²) in [6, 6.07) is 8.94. The van der Waals surface area contributed by atoms with Gasteiger partial charge in [-0.05, 0) is 42.8 Å². The van der Waals surface area contributed by atoms with Crippen molar-refractivity contribution in [2.45, 2.75) is 11.8 Å². The maximum atomic E-state index is 12.2. The number of amides is 2. The van der Waals surface area contributed by atoms with E-state index in [1.54, 1.807) is 24.4 Å². The standard InChI is InChI=1S/C15H13N3O2S/c1-9-4-5-16-13(6-9)18-15(20)10-2-3-12-11(7-10)17-14(19)8-21-12/h2-7H,8H2,1H3,(H,17,19)(H,16,18,20). The van der Waals surface area contributed by atoms with Crippen LogP contribution in [0.2, 0.25) is 0 Å². The molecule has 3 rings (SSSR count). The lowest BCUT2D eigenvalue weighted by molar-refractivity contribution is -0.113. The number of carbonyl (C=O) groups is 2. The highest BCUT2D eigenvalue weighted by Gasteiger charge is 2.17. The number of fused-ring (bicyclic) bond motifs is 1. The average Bonchev–Trinajstić information content (AvgIpc) is 2.46. The molecular formula is C15H13N3O2S. The van der Waals surface area contributed by atoms with Gasteiger partial charge in [0.1, 0.15) is 5.82 Å². The van der Waals surface area contributed by atoms with Crippen LogP contribution in [0.25, 0.3) is 0 Å². The first kappa shape index (κ1) is 13.6. The van der Waals surface area contributed by atoms with Crippen molar-refractivity contribution in [1.82, 2.24) is 4.98 Å². The van der Waals surface area contributed by atoms with Crippen LogP contribution in [0.1, 0.15) is 15.9 Å². The summed E-state index contributed by atoms with van der Waals surface area (Å²) in [5, 5.41) is 5.52. The summed E-state index contributed by atoms with van der Waals surface area (Å²) in [5.41, 5.74) is 2.19. The molecule has 0 atom stereocenters. The largest absolute Gasteiger partial charge is 0.324 e. The molecule has 5 nitrogen and oxygen atoms in total. The van der Waals surface area contributed by atoms with Crippen molar-refractivity contribution in [2.75, 3.05) is 16.4 Å². The van der Waals surface area contributed by atoms with Crippen molar-refractivity contribution in [3.05, 3.63) is 47.7 Å². The van der Waals surface area contributed by atoms with Gasteiger partial charge in [-0.2, -0.15) is 0 Å². The Labute approximate surface area is 126 Å². The summed E-state index contributed by atoms with van der Waals surface area (Å²) in [6.45, 7) is 1.93. The zero-order valence-electron chi connectivity index (χ0n) is 11.3. The van der Waals surface area contributed by atoms with Crippen LogP contribution in [-0.4, -0.2) is 22.6 Å². The molecule has 1 aromatic heterocycles. The van der Waals surface area contributed by atoms with Gasteiger partial charge in [0.05, 0.1) is 11.4 Å². The second-order valence-electron chi connectivity index (χ2n) is 4.72. The van der Waals surface area contributed by atoms with Crippen molar-refractivity contribution in [2.24, 2.45) is 0 Å². The molecule has 2 N–H and O–H groups in total. The molecule has 106 valence electrons. The van der Waals surface area contributed by atoms with Crippen molar-refractivity contribution >= 4 is 35.1 Å². The third-order valence-corrected chi connectivity index (χ3v) is 4.11.